The van der Waals surface area contributed by atoms with Crippen LogP contribution in [0.5, 0.6) is 0 Å². The second-order valence-electron chi connectivity index (χ2n) is 1.62. The lowest BCUT2D eigenvalue weighted by Gasteiger charge is -1.96. The number of ether oxygens (including phenoxy) is 1. The summed E-state index contributed by atoms with van der Waals surface area (Å²) in [5, 5.41) is 16.0. The van der Waals surface area contributed by atoms with Gasteiger partial charge in [0, 0.05) is 0 Å². The van der Waals surface area contributed by atoms with E-state index in [1.165, 1.54) is 0 Å². The van der Waals surface area contributed by atoms with Crippen molar-refractivity contribution in [3.63, 3.8) is 0 Å². The highest BCUT2D eigenvalue weighted by Gasteiger charge is 2.09. The molecule has 0 rings (SSSR count). The number of carboxylic acid groups (broad SMARTS) is 2. The summed E-state index contributed by atoms with van der Waals surface area (Å²) in [7, 11) is 0. The van der Waals surface area contributed by atoms with Gasteiger partial charge in [0.15, 0.2) is 6.61 Å². The molecule has 0 aliphatic rings. The number of carbonyl (C=O) groups is 3. The largest absolute Gasteiger partial charge is 0.481 e. The van der Waals surface area contributed by atoms with Gasteiger partial charge in [0.25, 0.3) is 0 Å². The van der Waals surface area contributed by atoms with E-state index in [9.17, 15) is 14.4 Å². The van der Waals surface area contributed by atoms with Crippen molar-refractivity contribution in [2.45, 2.75) is 6.42 Å². The van der Waals surface area contributed by atoms with Crippen LogP contribution < -0.4 is 0 Å². The lowest BCUT2D eigenvalue weighted by Crippen LogP contribution is -2.15. The molecule has 0 aliphatic heterocycles. The van der Waals surface area contributed by atoms with Gasteiger partial charge in [-0.2, -0.15) is 0 Å². The summed E-state index contributed by atoms with van der Waals surface area (Å²) in [6.07, 6.45) is -0.812. The van der Waals surface area contributed by atoms with Gasteiger partial charge in [-0.1, -0.05) is 0 Å². The first-order chi connectivity index (χ1) is 5.02. The van der Waals surface area contributed by atoms with Crippen LogP contribution in [0.4, 0.5) is 0 Å². The van der Waals surface area contributed by atoms with Crippen molar-refractivity contribution in [3.05, 3.63) is 0 Å². The Hall–Kier alpha value is -1.59. The Morgan fingerprint density at radius 1 is 1.09 bits per heavy atom. The van der Waals surface area contributed by atoms with Crippen LogP contribution in [-0.4, -0.2) is 34.7 Å². The van der Waals surface area contributed by atoms with Crippen LogP contribution in [-0.2, 0) is 19.1 Å². The first-order valence-electron chi connectivity index (χ1n) is 2.61. The first kappa shape index (κ1) is 9.41. The van der Waals surface area contributed by atoms with Crippen molar-refractivity contribution in [1.29, 1.82) is 0 Å². The van der Waals surface area contributed by atoms with E-state index >= 15 is 0 Å². The van der Waals surface area contributed by atoms with Gasteiger partial charge >= 0.3 is 17.9 Å². The molecule has 0 aromatic heterocycles. The molecule has 0 heterocycles. The zero-order valence-electron chi connectivity index (χ0n) is 5.44. The molecule has 6 nitrogen and oxygen atoms in total. The third-order valence-electron chi connectivity index (χ3n) is 0.652. The van der Waals surface area contributed by atoms with Crippen molar-refractivity contribution < 1.29 is 29.3 Å². The average molecular weight is 162 g/mol. The number of esters is 1. The molecule has 0 saturated heterocycles. The van der Waals surface area contributed by atoms with Gasteiger partial charge < -0.3 is 14.9 Å². The predicted octanol–water partition coefficient (Wildman–Crippen LogP) is -0.911. The Morgan fingerprint density at radius 3 is 2.00 bits per heavy atom. The van der Waals surface area contributed by atoms with Crippen molar-refractivity contribution in [1.82, 2.24) is 0 Å². The van der Waals surface area contributed by atoms with E-state index in [0.717, 1.165) is 0 Å². The summed E-state index contributed by atoms with van der Waals surface area (Å²) in [5.41, 5.74) is 0. The monoisotopic (exact) mass is 162 g/mol. The summed E-state index contributed by atoms with van der Waals surface area (Å²) in [6.45, 7) is -0.799. The highest BCUT2D eigenvalue weighted by atomic mass is 16.6. The molecule has 0 atom stereocenters. The predicted molar refractivity (Wildman–Crippen MR) is 30.8 cm³/mol. The number of carboxylic acids is 2. The lowest BCUT2D eigenvalue weighted by molar-refractivity contribution is -0.158. The van der Waals surface area contributed by atoms with Crippen LogP contribution in [0, 0.1) is 0 Å². The van der Waals surface area contributed by atoms with Crippen molar-refractivity contribution >= 4 is 17.9 Å². The Kier molecular flexibility index (Phi) is 3.65. The summed E-state index contributed by atoms with van der Waals surface area (Å²) in [5.74, 6) is -3.72. The molecule has 0 aromatic carbocycles. The normalized spacial score (nSPS) is 8.73. The van der Waals surface area contributed by atoms with Gasteiger partial charge in [-0.25, -0.2) is 4.79 Å². The summed E-state index contributed by atoms with van der Waals surface area (Å²) in [6, 6.07) is 0. The van der Waals surface area contributed by atoms with E-state index in [2.05, 4.69) is 4.74 Å². The fraction of sp³-hybridized carbons (Fsp3) is 0.400. The quantitative estimate of drug-likeness (QED) is 0.410. The molecule has 0 radical (unpaired) electrons. The molecular weight excluding hydrogens is 156 g/mol. The Labute approximate surface area is 61.4 Å². The van der Waals surface area contributed by atoms with E-state index in [-0.39, 0.29) is 0 Å². The van der Waals surface area contributed by atoms with Gasteiger partial charge in [-0.3, -0.25) is 9.59 Å². The highest BCUT2D eigenvalue weighted by Crippen LogP contribution is 1.85. The third-order valence-corrected chi connectivity index (χ3v) is 0.652. The minimum Gasteiger partial charge on any atom is -0.481 e. The van der Waals surface area contributed by atoms with Crippen molar-refractivity contribution in [2.24, 2.45) is 0 Å². The van der Waals surface area contributed by atoms with Crippen molar-refractivity contribution in [2.75, 3.05) is 6.61 Å². The molecule has 0 bridgehead atoms. The molecule has 6 heteroatoms. The molecule has 0 spiro atoms. The molecule has 0 amide bonds. The van der Waals surface area contributed by atoms with E-state index in [1.807, 2.05) is 0 Å². The second-order valence-corrected chi connectivity index (χ2v) is 1.62. The highest BCUT2D eigenvalue weighted by molar-refractivity contribution is 5.90. The molecule has 62 valence electrons. The number of hydrogen-bond donors (Lipinski definition) is 2. The molecule has 11 heavy (non-hydrogen) atoms. The fourth-order valence-corrected chi connectivity index (χ4v) is 0.317. The van der Waals surface area contributed by atoms with Crippen LogP contribution in [0.25, 0.3) is 0 Å². The minimum absolute atomic E-state index is 0.799. The van der Waals surface area contributed by atoms with Crippen LogP contribution >= 0.6 is 0 Å². The molecule has 0 unspecified atom stereocenters. The summed E-state index contributed by atoms with van der Waals surface area (Å²) >= 11 is 0. The zero-order chi connectivity index (χ0) is 8.85. The number of hydrogen-bond acceptors (Lipinski definition) is 4. The number of carbonyl (C=O) groups excluding carboxylic acids is 1. The summed E-state index contributed by atoms with van der Waals surface area (Å²) < 4.78 is 3.99. The van der Waals surface area contributed by atoms with E-state index in [1.54, 1.807) is 0 Å². The standard InChI is InChI=1S/C5H6O6/c6-3(7)1-5(10)11-2-4(8)9/h1-2H2,(H,6,7)(H,8,9). The van der Waals surface area contributed by atoms with E-state index < -0.39 is 30.9 Å². The van der Waals surface area contributed by atoms with Gasteiger partial charge in [0.1, 0.15) is 6.42 Å². The van der Waals surface area contributed by atoms with Crippen LogP contribution in [0.15, 0.2) is 0 Å². The Balaban J connectivity index is 3.53. The maximum Gasteiger partial charge on any atom is 0.341 e. The minimum atomic E-state index is -1.35. The molecule has 0 aromatic rings. The maximum absolute atomic E-state index is 10.3. The third kappa shape index (κ3) is 6.29. The van der Waals surface area contributed by atoms with Gasteiger partial charge in [0.05, 0.1) is 0 Å². The number of rotatable bonds is 4. The SMILES string of the molecule is O=C(O)COC(=O)CC(=O)O. The topological polar surface area (TPSA) is 101 Å². The smallest absolute Gasteiger partial charge is 0.341 e. The fourth-order valence-electron chi connectivity index (χ4n) is 0.317. The van der Waals surface area contributed by atoms with Crippen LogP contribution in [0.1, 0.15) is 6.42 Å². The van der Waals surface area contributed by atoms with E-state index in [4.69, 9.17) is 10.2 Å². The zero-order valence-corrected chi connectivity index (χ0v) is 5.44. The van der Waals surface area contributed by atoms with Gasteiger partial charge in [0.2, 0.25) is 0 Å². The summed E-state index contributed by atoms with van der Waals surface area (Å²) in [4.78, 5) is 29.9. The van der Waals surface area contributed by atoms with Crippen LogP contribution in [0.3, 0.4) is 0 Å². The molecule has 0 aliphatic carbocycles. The lowest BCUT2D eigenvalue weighted by atomic mass is 10.4. The molecule has 2 N–H and O–H groups in total. The maximum atomic E-state index is 10.3. The van der Waals surface area contributed by atoms with Crippen molar-refractivity contribution in [3.8, 4) is 0 Å². The average Bonchev–Trinajstić information content (AvgIpc) is 1.82. The molecule has 0 fully saturated rings. The van der Waals surface area contributed by atoms with E-state index in [0.29, 0.717) is 0 Å². The molecule has 0 saturated carbocycles. The van der Waals surface area contributed by atoms with Crippen LogP contribution in [0.2, 0.25) is 0 Å². The Morgan fingerprint density at radius 2 is 1.64 bits per heavy atom. The number of aliphatic carboxylic acids is 2. The van der Waals surface area contributed by atoms with Gasteiger partial charge in [-0.05, 0) is 0 Å². The second kappa shape index (κ2) is 4.26. The Bertz CT molecular complexity index is 183. The van der Waals surface area contributed by atoms with Gasteiger partial charge in [-0.15, -0.1) is 0 Å². The molecular formula is C5H6O6. The first-order valence-corrected chi connectivity index (χ1v) is 2.61.